The summed E-state index contributed by atoms with van der Waals surface area (Å²) in [5.41, 5.74) is 3.49. The molecule has 0 bridgehead atoms. The van der Waals surface area contributed by atoms with Crippen molar-refractivity contribution in [2.45, 2.75) is 31.8 Å². The number of nitrogens with one attached hydrogen (secondary N) is 3. The van der Waals surface area contributed by atoms with Gasteiger partial charge in [-0.2, -0.15) is 0 Å². The van der Waals surface area contributed by atoms with Crippen molar-refractivity contribution in [1.29, 1.82) is 5.41 Å². The SMILES string of the molecule is C=C/C(NC1CC1)=C(/C(C)=N)C(NC)c1ccc(Cl)cc1. The van der Waals surface area contributed by atoms with Crippen LogP contribution >= 0.6 is 11.6 Å². The summed E-state index contributed by atoms with van der Waals surface area (Å²) in [6.07, 6.45) is 4.19. The van der Waals surface area contributed by atoms with E-state index in [9.17, 15) is 0 Å². The minimum atomic E-state index is -0.0565. The first-order valence-corrected chi connectivity index (χ1v) is 7.56. The molecular weight excluding hydrogens is 282 g/mol. The molecule has 1 aliphatic rings. The molecule has 1 aliphatic carbocycles. The summed E-state index contributed by atoms with van der Waals surface area (Å²) in [4.78, 5) is 0. The number of halogens is 1. The minimum Gasteiger partial charge on any atom is -0.382 e. The average Bonchev–Trinajstić information content (AvgIpc) is 3.27. The molecule has 1 fully saturated rings. The van der Waals surface area contributed by atoms with Crippen LogP contribution in [-0.4, -0.2) is 18.8 Å². The second-order valence-electron chi connectivity index (χ2n) is 5.35. The number of hydrogen-bond acceptors (Lipinski definition) is 3. The molecule has 0 aromatic heterocycles. The minimum absolute atomic E-state index is 0.0565. The molecule has 0 amide bonds. The molecule has 0 saturated heterocycles. The lowest BCUT2D eigenvalue weighted by molar-refractivity contribution is 0.678. The first-order valence-electron chi connectivity index (χ1n) is 7.18. The molecule has 4 heteroatoms. The maximum absolute atomic E-state index is 8.16. The third kappa shape index (κ3) is 3.96. The van der Waals surface area contributed by atoms with E-state index in [0.717, 1.165) is 16.8 Å². The lowest BCUT2D eigenvalue weighted by Crippen LogP contribution is -2.27. The monoisotopic (exact) mass is 303 g/mol. The number of likely N-dealkylation sites (N-methyl/N-ethyl adjacent to an activating group) is 1. The van der Waals surface area contributed by atoms with Crippen molar-refractivity contribution in [3.8, 4) is 0 Å². The molecule has 3 N–H and O–H groups in total. The zero-order valence-corrected chi connectivity index (χ0v) is 13.3. The predicted molar refractivity (Wildman–Crippen MR) is 90.0 cm³/mol. The van der Waals surface area contributed by atoms with Crippen molar-refractivity contribution in [2.75, 3.05) is 7.05 Å². The van der Waals surface area contributed by atoms with Gasteiger partial charge in [0.25, 0.3) is 0 Å². The van der Waals surface area contributed by atoms with Crippen LogP contribution in [-0.2, 0) is 0 Å². The standard InChI is InChI=1S/C17H22ClN3/c1-4-15(21-14-9-10-14)16(11(2)19)17(20-3)12-5-7-13(18)8-6-12/h4-8,14,17,19-21H,1,9-10H2,2-3H3/b16-15+,19-11?. The Kier molecular flexibility index (Phi) is 5.21. The Bertz CT molecular complexity index is 556. The average molecular weight is 304 g/mol. The topological polar surface area (TPSA) is 47.9 Å². The first-order chi connectivity index (χ1) is 10.1. The van der Waals surface area contributed by atoms with Crippen LogP contribution in [0.15, 0.2) is 48.2 Å². The number of rotatable bonds is 7. The van der Waals surface area contributed by atoms with Crippen LogP contribution in [0.25, 0.3) is 0 Å². The maximum Gasteiger partial charge on any atom is 0.0612 e. The molecule has 112 valence electrons. The summed E-state index contributed by atoms with van der Waals surface area (Å²) >= 11 is 5.97. The van der Waals surface area contributed by atoms with Gasteiger partial charge in [-0.3, -0.25) is 0 Å². The molecule has 0 spiro atoms. The second kappa shape index (κ2) is 6.92. The van der Waals surface area contributed by atoms with E-state index in [0.29, 0.717) is 16.8 Å². The highest BCUT2D eigenvalue weighted by molar-refractivity contribution is 6.30. The van der Waals surface area contributed by atoms with Crippen molar-refractivity contribution in [3.05, 3.63) is 58.8 Å². The Balaban J connectivity index is 2.41. The van der Waals surface area contributed by atoms with Gasteiger partial charge in [-0.05, 0) is 50.6 Å². The van der Waals surface area contributed by atoms with Gasteiger partial charge in [0.1, 0.15) is 0 Å². The summed E-state index contributed by atoms with van der Waals surface area (Å²) in [7, 11) is 1.90. The predicted octanol–water partition coefficient (Wildman–Crippen LogP) is 3.83. The van der Waals surface area contributed by atoms with Crippen molar-refractivity contribution in [2.24, 2.45) is 0 Å². The molecule has 1 unspecified atom stereocenters. The summed E-state index contributed by atoms with van der Waals surface area (Å²) in [5, 5.41) is 15.6. The van der Waals surface area contributed by atoms with Gasteiger partial charge in [0, 0.05) is 28.0 Å². The van der Waals surface area contributed by atoms with Crippen LogP contribution < -0.4 is 10.6 Å². The van der Waals surface area contributed by atoms with E-state index in [1.54, 1.807) is 0 Å². The number of benzene rings is 1. The Morgan fingerprint density at radius 3 is 2.43 bits per heavy atom. The van der Waals surface area contributed by atoms with Gasteiger partial charge in [-0.1, -0.05) is 30.3 Å². The molecule has 2 rings (SSSR count). The van der Waals surface area contributed by atoms with Gasteiger partial charge in [0.05, 0.1) is 6.04 Å². The fraction of sp³-hybridized carbons (Fsp3) is 0.353. The molecule has 0 radical (unpaired) electrons. The van der Waals surface area contributed by atoms with Crippen molar-refractivity contribution >= 4 is 17.3 Å². The molecule has 3 nitrogen and oxygen atoms in total. The molecule has 1 aromatic carbocycles. The number of hydrogen-bond donors (Lipinski definition) is 3. The van der Waals surface area contributed by atoms with Crippen LogP contribution in [0.5, 0.6) is 0 Å². The van der Waals surface area contributed by atoms with Crippen LogP contribution in [0.1, 0.15) is 31.4 Å². The summed E-state index contributed by atoms with van der Waals surface area (Å²) in [6.45, 7) is 5.72. The third-order valence-electron chi connectivity index (χ3n) is 3.62. The van der Waals surface area contributed by atoms with Crippen LogP contribution in [0.3, 0.4) is 0 Å². The maximum atomic E-state index is 8.16. The van der Waals surface area contributed by atoms with Crippen molar-refractivity contribution in [3.63, 3.8) is 0 Å². The molecular formula is C17H22ClN3. The van der Waals surface area contributed by atoms with Gasteiger partial charge in [-0.15, -0.1) is 0 Å². The smallest absolute Gasteiger partial charge is 0.0612 e. The first kappa shape index (κ1) is 15.8. The fourth-order valence-electron chi connectivity index (χ4n) is 2.40. The van der Waals surface area contributed by atoms with E-state index in [-0.39, 0.29) is 6.04 Å². The van der Waals surface area contributed by atoms with Crippen LogP contribution in [0.4, 0.5) is 0 Å². The Morgan fingerprint density at radius 2 is 2.00 bits per heavy atom. The van der Waals surface area contributed by atoms with Gasteiger partial charge in [0.15, 0.2) is 0 Å². The molecule has 1 aromatic rings. The summed E-state index contributed by atoms with van der Waals surface area (Å²) < 4.78 is 0. The van der Waals surface area contributed by atoms with E-state index < -0.39 is 0 Å². The molecule has 1 saturated carbocycles. The lowest BCUT2D eigenvalue weighted by atomic mass is 9.93. The summed E-state index contributed by atoms with van der Waals surface area (Å²) in [5.74, 6) is 0. The zero-order chi connectivity index (χ0) is 15.4. The van der Waals surface area contributed by atoms with Gasteiger partial charge in [-0.25, -0.2) is 0 Å². The highest BCUT2D eigenvalue weighted by atomic mass is 35.5. The quantitative estimate of drug-likeness (QED) is 0.529. The molecule has 0 heterocycles. The third-order valence-corrected chi connectivity index (χ3v) is 3.87. The summed E-state index contributed by atoms with van der Waals surface area (Å²) in [6, 6.07) is 8.20. The van der Waals surface area contributed by atoms with Gasteiger partial charge < -0.3 is 16.0 Å². The number of allylic oxidation sites excluding steroid dienone is 1. The van der Waals surface area contributed by atoms with Crippen molar-refractivity contribution < 1.29 is 0 Å². The van der Waals surface area contributed by atoms with E-state index in [1.807, 2.05) is 44.3 Å². The van der Waals surface area contributed by atoms with E-state index in [2.05, 4.69) is 17.2 Å². The van der Waals surface area contributed by atoms with Crippen LogP contribution in [0.2, 0.25) is 5.02 Å². The van der Waals surface area contributed by atoms with Gasteiger partial charge in [0.2, 0.25) is 0 Å². The Morgan fingerprint density at radius 1 is 1.38 bits per heavy atom. The molecule has 21 heavy (non-hydrogen) atoms. The normalized spacial score (nSPS) is 16.9. The largest absolute Gasteiger partial charge is 0.382 e. The Hall–Kier alpha value is -1.58. The van der Waals surface area contributed by atoms with E-state index >= 15 is 0 Å². The fourth-order valence-corrected chi connectivity index (χ4v) is 2.53. The van der Waals surface area contributed by atoms with E-state index in [1.165, 1.54) is 12.8 Å². The Labute approximate surface area is 131 Å². The highest BCUT2D eigenvalue weighted by Crippen LogP contribution is 2.28. The molecule has 0 aliphatic heterocycles. The van der Waals surface area contributed by atoms with Crippen molar-refractivity contribution in [1.82, 2.24) is 10.6 Å². The zero-order valence-electron chi connectivity index (χ0n) is 12.5. The second-order valence-corrected chi connectivity index (χ2v) is 5.78. The van der Waals surface area contributed by atoms with Gasteiger partial charge >= 0.3 is 0 Å². The van der Waals surface area contributed by atoms with E-state index in [4.69, 9.17) is 17.0 Å². The lowest BCUT2D eigenvalue weighted by Gasteiger charge is -2.23. The molecule has 1 atom stereocenters. The van der Waals surface area contributed by atoms with Crippen LogP contribution in [0, 0.1) is 5.41 Å². The highest BCUT2D eigenvalue weighted by Gasteiger charge is 2.25.